The highest BCUT2D eigenvalue weighted by Gasteiger charge is 2.23. The lowest BCUT2D eigenvalue weighted by Crippen LogP contribution is -2.38. The predicted octanol–water partition coefficient (Wildman–Crippen LogP) is 3.49. The van der Waals surface area contributed by atoms with Gasteiger partial charge in [-0.2, -0.15) is 0 Å². The number of aliphatic hydroxyl groups excluding tert-OH is 1. The maximum atomic E-state index is 12.5. The largest absolute Gasteiger partial charge is 0.396 e. The zero-order valence-electron chi connectivity index (χ0n) is 12.3. The van der Waals surface area contributed by atoms with Crippen molar-refractivity contribution in [1.29, 1.82) is 0 Å². The van der Waals surface area contributed by atoms with Crippen LogP contribution in [-0.2, 0) is 0 Å². The monoisotopic (exact) mass is 303 g/mol. The Morgan fingerprint density at radius 2 is 2.00 bits per heavy atom. The van der Waals surface area contributed by atoms with Crippen LogP contribution in [0.5, 0.6) is 0 Å². The highest BCUT2D eigenvalue weighted by molar-refractivity contribution is 7.21. The highest BCUT2D eigenvalue weighted by atomic mass is 32.1. The third kappa shape index (κ3) is 2.97. The molecule has 0 bridgehead atoms. The minimum Gasteiger partial charge on any atom is -0.396 e. The van der Waals surface area contributed by atoms with E-state index < -0.39 is 0 Å². The van der Waals surface area contributed by atoms with Crippen LogP contribution in [0.4, 0.5) is 0 Å². The molecule has 1 saturated carbocycles. The number of benzene rings is 1. The van der Waals surface area contributed by atoms with E-state index in [1.165, 1.54) is 10.1 Å². The molecule has 1 aliphatic rings. The molecule has 0 atom stereocenters. The fourth-order valence-corrected chi connectivity index (χ4v) is 4.24. The SMILES string of the molecule is Cc1c(C(=O)NC2CCC(CO)CC2)sc2ccccc12. The van der Waals surface area contributed by atoms with Crippen LogP contribution in [0.3, 0.4) is 0 Å². The molecule has 0 radical (unpaired) electrons. The number of carbonyl (C=O) groups excluding carboxylic acids is 1. The summed E-state index contributed by atoms with van der Waals surface area (Å²) in [7, 11) is 0. The minimum atomic E-state index is 0.0566. The number of thiophene rings is 1. The molecule has 0 spiro atoms. The minimum absolute atomic E-state index is 0.0566. The summed E-state index contributed by atoms with van der Waals surface area (Å²) in [6.45, 7) is 2.30. The lowest BCUT2D eigenvalue weighted by molar-refractivity contribution is 0.0917. The Bertz CT molecular complexity index is 641. The van der Waals surface area contributed by atoms with Gasteiger partial charge in [-0.3, -0.25) is 4.79 Å². The average Bonchev–Trinajstić information content (AvgIpc) is 2.86. The molecular weight excluding hydrogens is 282 g/mol. The molecule has 3 rings (SSSR count). The van der Waals surface area contributed by atoms with Crippen molar-refractivity contribution in [2.45, 2.75) is 38.6 Å². The van der Waals surface area contributed by atoms with Crippen molar-refractivity contribution in [3.8, 4) is 0 Å². The van der Waals surface area contributed by atoms with Crippen molar-refractivity contribution in [3.05, 3.63) is 34.7 Å². The summed E-state index contributed by atoms with van der Waals surface area (Å²) in [5, 5.41) is 13.5. The van der Waals surface area contributed by atoms with Gasteiger partial charge in [0.1, 0.15) is 0 Å². The number of hydrogen-bond acceptors (Lipinski definition) is 3. The van der Waals surface area contributed by atoms with Gasteiger partial charge in [0, 0.05) is 17.3 Å². The predicted molar refractivity (Wildman–Crippen MR) is 86.9 cm³/mol. The summed E-state index contributed by atoms with van der Waals surface area (Å²) >= 11 is 1.57. The molecule has 4 heteroatoms. The number of aliphatic hydroxyl groups is 1. The quantitative estimate of drug-likeness (QED) is 0.912. The van der Waals surface area contributed by atoms with E-state index in [1.54, 1.807) is 11.3 Å². The summed E-state index contributed by atoms with van der Waals surface area (Å²) in [6, 6.07) is 8.42. The van der Waals surface area contributed by atoms with Gasteiger partial charge in [0.25, 0.3) is 5.91 Å². The van der Waals surface area contributed by atoms with Gasteiger partial charge in [-0.15, -0.1) is 11.3 Å². The van der Waals surface area contributed by atoms with E-state index in [4.69, 9.17) is 5.11 Å². The second-order valence-electron chi connectivity index (χ2n) is 5.93. The lowest BCUT2D eigenvalue weighted by atomic mass is 9.86. The molecule has 2 N–H and O–H groups in total. The van der Waals surface area contributed by atoms with E-state index in [0.717, 1.165) is 36.1 Å². The number of aryl methyl sites for hydroxylation is 1. The van der Waals surface area contributed by atoms with E-state index in [0.29, 0.717) is 5.92 Å². The van der Waals surface area contributed by atoms with Crippen LogP contribution in [-0.4, -0.2) is 23.7 Å². The number of carbonyl (C=O) groups is 1. The first-order valence-corrected chi connectivity index (χ1v) is 8.40. The van der Waals surface area contributed by atoms with Gasteiger partial charge in [0.2, 0.25) is 0 Å². The molecule has 0 saturated heterocycles. The molecule has 3 nitrogen and oxygen atoms in total. The van der Waals surface area contributed by atoms with E-state index in [2.05, 4.69) is 17.4 Å². The molecule has 0 aliphatic heterocycles. The second kappa shape index (κ2) is 6.16. The van der Waals surface area contributed by atoms with Crippen molar-refractivity contribution in [1.82, 2.24) is 5.32 Å². The molecule has 1 fully saturated rings. The zero-order valence-corrected chi connectivity index (χ0v) is 13.1. The number of hydrogen-bond donors (Lipinski definition) is 2. The Labute approximate surface area is 129 Å². The van der Waals surface area contributed by atoms with E-state index in [1.807, 2.05) is 19.1 Å². The molecule has 1 amide bonds. The summed E-state index contributed by atoms with van der Waals surface area (Å²) in [4.78, 5) is 13.3. The van der Waals surface area contributed by atoms with Gasteiger partial charge in [0.15, 0.2) is 0 Å². The maximum Gasteiger partial charge on any atom is 0.261 e. The zero-order chi connectivity index (χ0) is 14.8. The first-order chi connectivity index (χ1) is 10.2. The van der Waals surface area contributed by atoms with E-state index >= 15 is 0 Å². The molecule has 112 valence electrons. The van der Waals surface area contributed by atoms with Crippen molar-refractivity contribution in [2.75, 3.05) is 6.61 Å². The molecule has 1 heterocycles. The van der Waals surface area contributed by atoms with Gasteiger partial charge in [-0.25, -0.2) is 0 Å². The summed E-state index contributed by atoms with van der Waals surface area (Å²) in [5.74, 6) is 0.477. The molecule has 2 aromatic rings. The normalized spacial score (nSPS) is 22.4. The van der Waals surface area contributed by atoms with Gasteiger partial charge < -0.3 is 10.4 Å². The molecular formula is C17H21NO2S. The highest BCUT2D eigenvalue weighted by Crippen LogP contribution is 2.31. The maximum absolute atomic E-state index is 12.5. The first kappa shape index (κ1) is 14.5. The smallest absolute Gasteiger partial charge is 0.261 e. The Kier molecular flexibility index (Phi) is 4.27. The van der Waals surface area contributed by atoms with Crippen LogP contribution in [0, 0.1) is 12.8 Å². The fourth-order valence-electron chi connectivity index (χ4n) is 3.13. The van der Waals surface area contributed by atoms with Crippen LogP contribution < -0.4 is 5.32 Å². The Hall–Kier alpha value is -1.39. The van der Waals surface area contributed by atoms with Crippen LogP contribution in [0.25, 0.3) is 10.1 Å². The Morgan fingerprint density at radius 1 is 1.29 bits per heavy atom. The van der Waals surface area contributed by atoms with E-state index in [-0.39, 0.29) is 18.6 Å². The third-order valence-electron chi connectivity index (χ3n) is 4.49. The lowest BCUT2D eigenvalue weighted by Gasteiger charge is -2.27. The van der Waals surface area contributed by atoms with Crippen molar-refractivity contribution in [3.63, 3.8) is 0 Å². The van der Waals surface area contributed by atoms with Crippen molar-refractivity contribution in [2.24, 2.45) is 5.92 Å². The second-order valence-corrected chi connectivity index (χ2v) is 6.98. The van der Waals surface area contributed by atoms with Gasteiger partial charge in [-0.1, -0.05) is 18.2 Å². The summed E-state index contributed by atoms with van der Waals surface area (Å²) in [6.07, 6.45) is 3.96. The summed E-state index contributed by atoms with van der Waals surface area (Å²) in [5.41, 5.74) is 1.08. The van der Waals surface area contributed by atoms with Crippen LogP contribution in [0.15, 0.2) is 24.3 Å². The number of amides is 1. The molecule has 1 aliphatic carbocycles. The van der Waals surface area contributed by atoms with Crippen LogP contribution in [0.2, 0.25) is 0 Å². The van der Waals surface area contributed by atoms with Gasteiger partial charge >= 0.3 is 0 Å². The Morgan fingerprint density at radius 3 is 2.67 bits per heavy atom. The number of fused-ring (bicyclic) bond motifs is 1. The van der Waals surface area contributed by atoms with Gasteiger partial charge in [-0.05, 0) is 55.5 Å². The number of rotatable bonds is 3. The average molecular weight is 303 g/mol. The topological polar surface area (TPSA) is 49.3 Å². The van der Waals surface area contributed by atoms with Crippen molar-refractivity contribution >= 4 is 27.3 Å². The molecule has 0 unspecified atom stereocenters. The Balaban J connectivity index is 1.71. The summed E-state index contributed by atoms with van der Waals surface area (Å²) < 4.78 is 1.17. The number of nitrogens with one attached hydrogen (secondary N) is 1. The van der Waals surface area contributed by atoms with Crippen LogP contribution >= 0.6 is 11.3 Å². The van der Waals surface area contributed by atoms with Crippen LogP contribution in [0.1, 0.15) is 40.9 Å². The first-order valence-electron chi connectivity index (χ1n) is 7.59. The fraction of sp³-hybridized carbons (Fsp3) is 0.471. The van der Waals surface area contributed by atoms with E-state index in [9.17, 15) is 4.79 Å². The van der Waals surface area contributed by atoms with Crippen molar-refractivity contribution < 1.29 is 9.90 Å². The third-order valence-corrected chi connectivity index (χ3v) is 5.76. The molecule has 1 aromatic carbocycles. The standard InChI is InChI=1S/C17H21NO2S/c1-11-14-4-2-3-5-15(14)21-16(11)17(20)18-13-8-6-12(10-19)7-9-13/h2-5,12-13,19H,6-10H2,1H3,(H,18,20). The molecule has 21 heavy (non-hydrogen) atoms. The van der Waals surface area contributed by atoms with Gasteiger partial charge in [0.05, 0.1) is 4.88 Å². The molecule has 1 aromatic heterocycles.